The molecule has 1 aromatic heterocycles. The van der Waals surface area contributed by atoms with E-state index in [9.17, 15) is 19.2 Å². The summed E-state index contributed by atoms with van der Waals surface area (Å²) in [5.74, 6) is -1.60. The van der Waals surface area contributed by atoms with Crippen molar-refractivity contribution in [1.82, 2.24) is 25.5 Å². The van der Waals surface area contributed by atoms with Crippen LogP contribution in [-0.4, -0.2) is 73.2 Å². The molecule has 1 aromatic rings. The third-order valence-electron chi connectivity index (χ3n) is 5.89. The van der Waals surface area contributed by atoms with Crippen LogP contribution in [0, 0.1) is 0 Å². The van der Waals surface area contributed by atoms with E-state index in [0.29, 0.717) is 25.1 Å². The van der Waals surface area contributed by atoms with Crippen molar-refractivity contribution in [2.24, 2.45) is 5.73 Å². The van der Waals surface area contributed by atoms with Gasteiger partial charge < -0.3 is 26.3 Å². The minimum Gasteiger partial charge on any atom is -0.368 e. The molecule has 0 aromatic carbocycles. The first-order chi connectivity index (χ1) is 14.1. The molecule has 3 heterocycles. The molecule has 0 saturated carbocycles. The van der Waals surface area contributed by atoms with Gasteiger partial charge in [-0.25, -0.2) is 4.98 Å². The number of hydrogen-bond donors (Lipinski definition) is 4. The summed E-state index contributed by atoms with van der Waals surface area (Å²) < 4.78 is 0. The van der Waals surface area contributed by atoms with Crippen molar-refractivity contribution in [3.63, 3.8) is 0 Å². The molecule has 5 atom stereocenters. The molecule has 164 valence electrons. The van der Waals surface area contributed by atoms with E-state index in [2.05, 4.69) is 20.6 Å². The smallest absolute Gasteiger partial charge is 0.247 e. The number of hydrogen-bond acceptors (Lipinski definition) is 6. The summed E-state index contributed by atoms with van der Waals surface area (Å²) in [5.41, 5.74) is 4.95. The van der Waals surface area contributed by atoms with Gasteiger partial charge in [-0.3, -0.25) is 19.2 Å². The third kappa shape index (κ3) is 4.30. The zero-order chi connectivity index (χ0) is 22.1. The molecule has 0 aliphatic carbocycles. The van der Waals surface area contributed by atoms with Crippen molar-refractivity contribution in [2.45, 2.75) is 68.2 Å². The highest BCUT2D eigenvalue weighted by molar-refractivity contribution is 8.01. The number of amides is 4. The Morgan fingerprint density at radius 2 is 2.17 bits per heavy atom. The van der Waals surface area contributed by atoms with Gasteiger partial charge in [0, 0.05) is 30.1 Å². The van der Waals surface area contributed by atoms with Crippen LogP contribution in [0.1, 0.15) is 39.3 Å². The Morgan fingerprint density at radius 1 is 1.43 bits per heavy atom. The number of likely N-dealkylation sites (tertiary alicyclic amines) is 1. The SMILES string of the molecule is CC1SC(C)C(C)(C(=O)N[C@@H](Cc2cnc[nH]2)C(=O)N2CCC[C@H]2C(N)=O)NC1=O. The van der Waals surface area contributed by atoms with Gasteiger partial charge in [-0.1, -0.05) is 6.92 Å². The third-order valence-corrected chi connectivity index (χ3v) is 7.39. The molecule has 11 heteroatoms. The van der Waals surface area contributed by atoms with Gasteiger partial charge in [0.2, 0.25) is 23.6 Å². The van der Waals surface area contributed by atoms with Crippen molar-refractivity contribution in [2.75, 3.05) is 6.54 Å². The number of nitrogens with one attached hydrogen (secondary N) is 3. The number of imidazole rings is 1. The molecule has 3 unspecified atom stereocenters. The van der Waals surface area contributed by atoms with Crippen LogP contribution in [0.5, 0.6) is 0 Å². The average Bonchev–Trinajstić information content (AvgIpc) is 3.37. The molecule has 0 spiro atoms. The molecule has 2 fully saturated rings. The monoisotopic (exact) mass is 436 g/mol. The van der Waals surface area contributed by atoms with Gasteiger partial charge in [0.25, 0.3) is 0 Å². The van der Waals surface area contributed by atoms with Gasteiger partial charge in [0.15, 0.2) is 0 Å². The van der Waals surface area contributed by atoms with Crippen molar-refractivity contribution < 1.29 is 19.2 Å². The molecule has 0 bridgehead atoms. The zero-order valence-electron chi connectivity index (χ0n) is 17.3. The molecule has 5 N–H and O–H groups in total. The molecular formula is C19H28N6O4S. The molecule has 4 amide bonds. The largest absolute Gasteiger partial charge is 0.368 e. The highest BCUT2D eigenvalue weighted by Gasteiger charge is 2.47. The van der Waals surface area contributed by atoms with Gasteiger partial charge in [0.1, 0.15) is 17.6 Å². The maximum absolute atomic E-state index is 13.3. The fourth-order valence-electron chi connectivity index (χ4n) is 3.86. The molecule has 0 radical (unpaired) electrons. The first kappa shape index (κ1) is 22.1. The van der Waals surface area contributed by atoms with Crippen LogP contribution in [0.2, 0.25) is 0 Å². The lowest BCUT2D eigenvalue weighted by atomic mass is 9.95. The van der Waals surface area contributed by atoms with Gasteiger partial charge in [-0.2, -0.15) is 0 Å². The predicted octanol–water partition coefficient (Wildman–Crippen LogP) is -0.688. The second-order valence-corrected chi connectivity index (χ2v) is 9.70. The highest BCUT2D eigenvalue weighted by Crippen LogP contribution is 2.32. The zero-order valence-corrected chi connectivity index (χ0v) is 18.1. The number of H-pyrrole nitrogens is 1. The van der Waals surface area contributed by atoms with Crippen molar-refractivity contribution in [3.8, 4) is 0 Å². The Hall–Kier alpha value is -2.56. The van der Waals surface area contributed by atoms with Gasteiger partial charge in [-0.15, -0.1) is 11.8 Å². The highest BCUT2D eigenvalue weighted by atomic mass is 32.2. The van der Waals surface area contributed by atoms with E-state index in [4.69, 9.17) is 5.73 Å². The van der Waals surface area contributed by atoms with Crippen LogP contribution in [0.4, 0.5) is 0 Å². The van der Waals surface area contributed by atoms with Crippen LogP contribution < -0.4 is 16.4 Å². The minimum atomic E-state index is -1.17. The normalized spacial score (nSPS) is 29.9. The first-order valence-corrected chi connectivity index (χ1v) is 10.9. The maximum atomic E-state index is 13.3. The summed E-state index contributed by atoms with van der Waals surface area (Å²) >= 11 is 1.41. The number of carbonyl (C=O) groups is 4. The number of nitrogens with zero attached hydrogens (tertiary/aromatic N) is 2. The van der Waals surface area contributed by atoms with Crippen molar-refractivity contribution >= 4 is 35.4 Å². The Balaban J connectivity index is 1.82. The second-order valence-electron chi connectivity index (χ2n) is 8.01. The topological polar surface area (TPSA) is 150 Å². The van der Waals surface area contributed by atoms with E-state index < -0.39 is 29.4 Å². The van der Waals surface area contributed by atoms with E-state index in [1.54, 1.807) is 20.0 Å². The molecule has 3 rings (SSSR count). The number of rotatable bonds is 6. The second kappa shape index (κ2) is 8.66. The molecule has 2 aliphatic rings. The standard InChI is InChI=1S/C19H28N6O4S/c1-10-16(27)24-19(3,11(2)30-10)18(29)23-13(7-12-8-21-9-22-12)17(28)25-6-4-5-14(25)15(20)26/h8-11,13-14H,4-7H2,1-3H3,(H2,20,26)(H,21,22)(H,23,29)(H,24,27)/t10?,11?,13-,14-,19?/m0/s1. The molecule has 2 aliphatic heterocycles. The van der Waals surface area contributed by atoms with Crippen LogP contribution in [0.3, 0.4) is 0 Å². The fourth-order valence-corrected chi connectivity index (χ4v) is 5.09. The summed E-state index contributed by atoms with van der Waals surface area (Å²) in [6, 6.07) is -1.61. The number of primary amides is 1. The number of nitrogens with two attached hydrogens (primary N) is 1. The summed E-state index contributed by atoms with van der Waals surface area (Å²) in [6.45, 7) is 5.72. The number of carbonyl (C=O) groups excluding carboxylic acids is 4. The lowest BCUT2D eigenvalue weighted by molar-refractivity contribution is -0.142. The van der Waals surface area contributed by atoms with Crippen molar-refractivity contribution in [3.05, 3.63) is 18.2 Å². The first-order valence-electron chi connectivity index (χ1n) is 9.99. The molecule has 30 heavy (non-hydrogen) atoms. The van der Waals surface area contributed by atoms with Crippen LogP contribution in [0.15, 0.2) is 12.5 Å². The van der Waals surface area contributed by atoms with Gasteiger partial charge in [0.05, 0.1) is 11.6 Å². The maximum Gasteiger partial charge on any atom is 0.247 e. The summed E-state index contributed by atoms with van der Waals surface area (Å²) in [7, 11) is 0. The van der Waals surface area contributed by atoms with Gasteiger partial charge in [-0.05, 0) is 26.7 Å². The van der Waals surface area contributed by atoms with E-state index in [1.165, 1.54) is 23.0 Å². The molecular weight excluding hydrogens is 408 g/mol. The predicted molar refractivity (Wildman–Crippen MR) is 111 cm³/mol. The minimum absolute atomic E-state index is 0.175. The number of thioether (sulfide) groups is 1. The van der Waals surface area contributed by atoms with E-state index in [1.807, 2.05) is 6.92 Å². The fraction of sp³-hybridized carbons (Fsp3) is 0.632. The van der Waals surface area contributed by atoms with E-state index in [0.717, 1.165) is 0 Å². The lowest BCUT2D eigenvalue weighted by Crippen LogP contribution is -2.68. The Kier molecular flexibility index (Phi) is 6.39. The Bertz CT molecular complexity index is 831. The molecule has 10 nitrogen and oxygen atoms in total. The lowest BCUT2D eigenvalue weighted by Gasteiger charge is -2.41. The summed E-state index contributed by atoms with van der Waals surface area (Å²) in [6.07, 6.45) is 4.42. The Labute approximate surface area is 179 Å². The number of aromatic amines is 1. The van der Waals surface area contributed by atoms with Crippen LogP contribution >= 0.6 is 11.8 Å². The Morgan fingerprint density at radius 3 is 2.80 bits per heavy atom. The summed E-state index contributed by atoms with van der Waals surface area (Å²) in [4.78, 5) is 58.8. The summed E-state index contributed by atoms with van der Waals surface area (Å²) in [5, 5.41) is 5.15. The van der Waals surface area contributed by atoms with E-state index in [-0.39, 0.29) is 28.7 Å². The number of aromatic nitrogens is 2. The van der Waals surface area contributed by atoms with E-state index >= 15 is 0 Å². The van der Waals surface area contributed by atoms with Crippen molar-refractivity contribution in [1.29, 1.82) is 0 Å². The van der Waals surface area contributed by atoms with Gasteiger partial charge >= 0.3 is 0 Å². The molecule has 2 saturated heterocycles. The quantitative estimate of drug-likeness (QED) is 0.464. The average molecular weight is 437 g/mol. The van der Waals surface area contributed by atoms with Crippen LogP contribution in [-0.2, 0) is 25.6 Å². The van der Waals surface area contributed by atoms with Crippen LogP contribution in [0.25, 0.3) is 0 Å².